The van der Waals surface area contributed by atoms with Gasteiger partial charge in [-0.3, -0.25) is 0 Å². The van der Waals surface area contributed by atoms with Crippen LogP contribution in [-0.2, 0) is 9.47 Å². The van der Waals surface area contributed by atoms with E-state index in [9.17, 15) is 4.79 Å². The summed E-state index contributed by atoms with van der Waals surface area (Å²) in [5.74, 6) is 1.36. The van der Waals surface area contributed by atoms with E-state index in [1.807, 2.05) is 0 Å². The van der Waals surface area contributed by atoms with Crippen LogP contribution in [0, 0.1) is 5.41 Å². The summed E-state index contributed by atoms with van der Waals surface area (Å²) < 4.78 is 22.3. The van der Waals surface area contributed by atoms with Crippen molar-refractivity contribution in [2.75, 3.05) is 38.3 Å². The van der Waals surface area contributed by atoms with Crippen LogP contribution in [0.15, 0.2) is 18.2 Å². The molecule has 0 aromatic heterocycles. The molecule has 1 unspecified atom stereocenters. The molecular formula is C19H28N2O5. The Morgan fingerprint density at radius 3 is 2.62 bits per heavy atom. The quantitative estimate of drug-likeness (QED) is 0.727. The molecule has 1 aromatic rings. The minimum Gasteiger partial charge on any atom is -0.486 e. The van der Waals surface area contributed by atoms with Crippen LogP contribution in [0.25, 0.3) is 0 Å². The van der Waals surface area contributed by atoms with Crippen LogP contribution in [0.1, 0.15) is 33.1 Å². The average Bonchev–Trinajstić information content (AvgIpc) is 3.20. The van der Waals surface area contributed by atoms with Gasteiger partial charge in [0.1, 0.15) is 13.2 Å². The lowest BCUT2D eigenvalue weighted by Gasteiger charge is -2.33. The highest BCUT2D eigenvalue weighted by molar-refractivity contribution is 5.89. The molecule has 2 aliphatic rings. The zero-order chi connectivity index (χ0) is 18.4. The molecule has 144 valence electrons. The lowest BCUT2D eigenvalue weighted by molar-refractivity contribution is -0.131. The number of fused-ring (bicyclic) bond motifs is 1. The fraction of sp³-hybridized carbons (Fsp3) is 0.632. The van der Waals surface area contributed by atoms with Gasteiger partial charge >= 0.3 is 6.03 Å². The summed E-state index contributed by atoms with van der Waals surface area (Å²) in [5.41, 5.74) is 0.655. The second-order valence-electron chi connectivity index (χ2n) is 6.92. The number of nitrogens with one attached hydrogen (secondary N) is 2. The Kier molecular flexibility index (Phi) is 6.21. The molecular weight excluding hydrogens is 336 g/mol. The van der Waals surface area contributed by atoms with Gasteiger partial charge in [0, 0.05) is 23.7 Å². The standard InChI is InChI=1S/C19H28N2O5/c1-3-19(2,17-25-11-12-26-17)7-4-8-20-18(22)21-14-5-6-15-16(13-14)24-10-9-23-15/h5-6,13,17H,3-4,7-12H2,1-2H3,(H2,20,21,22). The first kappa shape index (κ1) is 18.8. The van der Waals surface area contributed by atoms with Gasteiger partial charge in [-0.1, -0.05) is 13.8 Å². The third-order valence-corrected chi connectivity index (χ3v) is 5.01. The minimum absolute atomic E-state index is 0.0233. The molecule has 7 nitrogen and oxygen atoms in total. The van der Waals surface area contributed by atoms with Gasteiger partial charge in [0.15, 0.2) is 17.8 Å². The van der Waals surface area contributed by atoms with Crippen molar-refractivity contribution >= 4 is 11.7 Å². The smallest absolute Gasteiger partial charge is 0.319 e. The zero-order valence-electron chi connectivity index (χ0n) is 15.5. The summed E-state index contributed by atoms with van der Waals surface area (Å²) in [4.78, 5) is 12.1. The van der Waals surface area contributed by atoms with Crippen LogP contribution in [-0.4, -0.2) is 45.3 Å². The van der Waals surface area contributed by atoms with Gasteiger partial charge in [-0.2, -0.15) is 0 Å². The van der Waals surface area contributed by atoms with E-state index in [0.29, 0.717) is 50.2 Å². The summed E-state index contributed by atoms with van der Waals surface area (Å²) in [6, 6.07) is 5.15. The molecule has 0 radical (unpaired) electrons. The largest absolute Gasteiger partial charge is 0.486 e. The Bertz CT molecular complexity index is 618. The molecule has 7 heteroatoms. The summed E-state index contributed by atoms with van der Waals surface area (Å²) in [5, 5.41) is 5.72. The maximum Gasteiger partial charge on any atom is 0.319 e. The average molecular weight is 364 g/mol. The third kappa shape index (κ3) is 4.59. The lowest BCUT2D eigenvalue weighted by atomic mass is 9.82. The second kappa shape index (κ2) is 8.60. The van der Waals surface area contributed by atoms with Crippen LogP contribution in [0.2, 0.25) is 0 Å². The van der Waals surface area contributed by atoms with E-state index in [0.717, 1.165) is 19.3 Å². The molecule has 1 aromatic carbocycles. The number of rotatable bonds is 7. The van der Waals surface area contributed by atoms with Gasteiger partial charge in [-0.15, -0.1) is 0 Å². The Balaban J connectivity index is 1.41. The molecule has 0 aliphatic carbocycles. The van der Waals surface area contributed by atoms with Crippen LogP contribution in [0.5, 0.6) is 11.5 Å². The summed E-state index contributed by atoms with van der Waals surface area (Å²) in [6.07, 6.45) is 2.63. The Hall–Kier alpha value is -1.99. The van der Waals surface area contributed by atoms with Gasteiger partial charge in [0.2, 0.25) is 0 Å². The molecule has 1 atom stereocenters. The Morgan fingerprint density at radius 1 is 1.15 bits per heavy atom. The van der Waals surface area contributed by atoms with Gasteiger partial charge in [0.05, 0.1) is 13.2 Å². The Labute approximate surface area is 154 Å². The number of anilines is 1. The van der Waals surface area contributed by atoms with E-state index in [4.69, 9.17) is 18.9 Å². The number of carbonyl (C=O) groups excluding carboxylic acids is 1. The van der Waals surface area contributed by atoms with E-state index in [-0.39, 0.29) is 17.7 Å². The SMILES string of the molecule is CCC(C)(CCCNC(=O)Nc1ccc2c(c1)OCCO2)C1OCCO1. The maximum atomic E-state index is 12.1. The van der Waals surface area contributed by atoms with Crippen molar-refractivity contribution in [3.63, 3.8) is 0 Å². The van der Waals surface area contributed by atoms with Crippen molar-refractivity contribution < 1.29 is 23.7 Å². The highest BCUT2D eigenvalue weighted by Crippen LogP contribution is 2.36. The first-order chi connectivity index (χ1) is 12.6. The number of hydrogen-bond donors (Lipinski definition) is 2. The molecule has 0 spiro atoms. The lowest BCUT2D eigenvalue weighted by Crippen LogP contribution is -2.35. The normalized spacial score (nSPS) is 19.0. The predicted octanol–water partition coefficient (Wildman–Crippen LogP) is 3.15. The highest BCUT2D eigenvalue weighted by atomic mass is 16.7. The molecule has 3 rings (SSSR count). The van der Waals surface area contributed by atoms with Crippen LogP contribution < -0.4 is 20.1 Å². The molecule has 2 heterocycles. The number of benzene rings is 1. The monoisotopic (exact) mass is 364 g/mol. The molecule has 1 fully saturated rings. The van der Waals surface area contributed by atoms with Gasteiger partial charge in [-0.05, 0) is 31.4 Å². The van der Waals surface area contributed by atoms with E-state index in [2.05, 4.69) is 24.5 Å². The summed E-state index contributed by atoms with van der Waals surface area (Å²) in [6.45, 7) is 7.32. The van der Waals surface area contributed by atoms with Gasteiger partial charge < -0.3 is 29.6 Å². The number of amides is 2. The van der Waals surface area contributed by atoms with E-state index >= 15 is 0 Å². The van der Waals surface area contributed by atoms with Crippen molar-refractivity contribution in [3.8, 4) is 11.5 Å². The van der Waals surface area contributed by atoms with Crippen LogP contribution in [0.4, 0.5) is 10.5 Å². The molecule has 1 saturated heterocycles. The van der Waals surface area contributed by atoms with Crippen LogP contribution >= 0.6 is 0 Å². The molecule has 0 saturated carbocycles. The fourth-order valence-corrected chi connectivity index (χ4v) is 3.21. The number of carbonyl (C=O) groups is 1. The zero-order valence-corrected chi connectivity index (χ0v) is 15.5. The maximum absolute atomic E-state index is 12.1. The first-order valence-electron chi connectivity index (χ1n) is 9.28. The molecule has 0 bridgehead atoms. The van der Waals surface area contributed by atoms with Gasteiger partial charge in [-0.25, -0.2) is 4.79 Å². The molecule has 2 amide bonds. The molecule has 26 heavy (non-hydrogen) atoms. The predicted molar refractivity (Wildman–Crippen MR) is 97.8 cm³/mol. The van der Waals surface area contributed by atoms with Crippen molar-refractivity contribution in [2.45, 2.75) is 39.4 Å². The van der Waals surface area contributed by atoms with Crippen molar-refractivity contribution in [2.24, 2.45) is 5.41 Å². The second-order valence-corrected chi connectivity index (χ2v) is 6.92. The van der Waals surface area contributed by atoms with E-state index < -0.39 is 0 Å². The van der Waals surface area contributed by atoms with Crippen LogP contribution in [0.3, 0.4) is 0 Å². The first-order valence-corrected chi connectivity index (χ1v) is 9.28. The van der Waals surface area contributed by atoms with Gasteiger partial charge in [0.25, 0.3) is 0 Å². The highest BCUT2D eigenvalue weighted by Gasteiger charge is 2.36. The van der Waals surface area contributed by atoms with E-state index in [1.54, 1.807) is 18.2 Å². The third-order valence-electron chi connectivity index (χ3n) is 5.01. The van der Waals surface area contributed by atoms with Crippen molar-refractivity contribution in [3.05, 3.63) is 18.2 Å². The minimum atomic E-state index is -0.228. The summed E-state index contributed by atoms with van der Waals surface area (Å²) in [7, 11) is 0. The number of urea groups is 1. The fourth-order valence-electron chi connectivity index (χ4n) is 3.21. The Morgan fingerprint density at radius 2 is 1.88 bits per heavy atom. The van der Waals surface area contributed by atoms with Crippen molar-refractivity contribution in [1.29, 1.82) is 0 Å². The summed E-state index contributed by atoms with van der Waals surface area (Å²) >= 11 is 0. The van der Waals surface area contributed by atoms with Crippen molar-refractivity contribution in [1.82, 2.24) is 5.32 Å². The topological polar surface area (TPSA) is 78.1 Å². The molecule has 2 aliphatic heterocycles. The van der Waals surface area contributed by atoms with E-state index in [1.165, 1.54) is 0 Å². The number of ether oxygens (including phenoxy) is 4. The molecule has 2 N–H and O–H groups in total. The number of hydrogen-bond acceptors (Lipinski definition) is 5.